The molecule has 1 aliphatic rings. The van der Waals surface area contributed by atoms with Crippen molar-refractivity contribution in [2.45, 2.75) is 44.4 Å². The first kappa shape index (κ1) is 23.3. The number of hydrogen-bond acceptors (Lipinski definition) is 6. The maximum absolute atomic E-state index is 12.9. The standard InChI is InChI=1S/C21H28Cl2N4O2S/c1-21(2,3)30(29)26-20(15-11-16(22)17(23)12-18(15)28)13-5-8-27(9-6-13)19-10-14(24)4-7-25-19/h4,7,10-13,20,26,28H,5-6,8-9H2,1-3H3,(H2,24,25)/t20-,30+/m1/s1. The highest BCUT2D eigenvalue weighted by Crippen LogP contribution is 2.40. The number of phenols is 1. The molecule has 0 aliphatic carbocycles. The van der Waals surface area contributed by atoms with E-state index >= 15 is 0 Å². The number of hydrogen-bond donors (Lipinski definition) is 3. The lowest BCUT2D eigenvalue weighted by Gasteiger charge is -2.38. The Balaban J connectivity index is 1.83. The SMILES string of the molecule is CC(C)(C)[S@+]([O-])N[C@@H](c1cc(Cl)c(Cl)cc1O)C1CCN(c2cc(N)ccn2)CC1. The fourth-order valence-corrected chi connectivity index (χ4v) is 4.81. The molecule has 0 saturated carbocycles. The molecule has 2 atom stereocenters. The summed E-state index contributed by atoms with van der Waals surface area (Å²) in [6.45, 7) is 7.30. The third-order valence-electron chi connectivity index (χ3n) is 5.30. The maximum Gasteiger partial charge on any atom is 0.136 e. The number of nitrogen functional groups attached to an aromatic ring is 1. The third kappa shape index (κ3) is 5.45. The Morgan fingerprint density at radius 2 is 1.87 bits per heavy atom. The molecule has 2 heterocycles. The van der Waals surface area contributed by atoms with Crippen LogP contribution in [0.4, 0.5) is 11.5 Å². The van der Waals surface area contributed by atoms with Gasteiger partial charge >= 0.3 is 0 Å². The molecule has 2 aromatic rings. The van der Waals surface area contributed by atoms with E-state index in [0.29, 0.717) is 16.3 Å². The molecule has 1 aromatic carbocycles. The average molecular weight is 471 g/mol. The van der Waals surface area contributed by atoms with Crippen LogP contribution in [-0.2, 0) is 11.4 Å². The normalized spacial score (nSPS) is 17.7. The Morgan fingerprint density at radius 3 is 2.47 bits per heavy atom. The van der Waals surface area contributed by atoms with E-state index in [4.69, 9.17) is 28.9 Å². The van der Waals surface area contributed by atoms with Crippen molar-refractivity contribution in [1.82, 2.24) is 9.71 Å². The van der Waals surface area contributed by atoms with Gasteiger partial charge in [-0.1, -0.05) is 23.2 Å². The lowest BCUT2D eigenvalue weighted by Crippen LogP contribution is -2.45. The Labute approximate surface area is 191 Å². The van der Waals surface area contributed by atoms with Crippen molar-refractivity contribution in [2.24, 2.45) is 5.92 Å². The summed E-state index contributed by atoms with van der Waals surface area (Å²) in [6.07, 6.45) is 3.37. The first-order valence-electron chi connectivity index (χ1n) is 9.88. The molecule has 0 spiro atoms. The summed E-state index contributed by atoms with van der Waals surface area (Å²) in [5.41, 5.74) is 7.19. The van der Waals surface area contributed by atoms with Crippen LogP contribution in [0.2, 0.25) is 10.0 Å². The highest BCUT2D eigenvalue weighted by atomic mass is 35.5. The fraction of sp³-hybridized carbons (Fsp3) is 0.476. The van der Waals surface area contributed by atoms with E-state index in [1.54, 1.807) is 18.3 Å². The van der Waals surface area contributed by atoms with E-state index in [1.807, 2.05) is 26.8 Å². The molecule has 0 amide bonds. The second-order valence-electron chi connectivity index (χ2n) is 8.57. The lowest BCUT2D eigenvalue weighted by atomic mass is 9.85. The van der Waals surface area contributed by atoms with Crippen LogP contribution in [0.5, 0.6) is 5.75 Å². The van der Waals surface area contributed by atoms with Gasteiger partial charge in [0.15, 0.2) is 0 Å². The minimum Gasteiger partial charge on any atom is -0.598 e. The molecule has 0 bridgehead atoms. The van der Waals surface area contributed by atoms with E-state index in [2.05, 4.69) is 14.6 Å². The molecule has 6 nitrogen and oxygen atoms in total. The second-order valence-corrected chi connectivity index (χ2v) is 11.4. The molecule has 3 rings (SSSR count). The monoisotopic (exact) mass is 470 g/mol. The quantitative estimate of drug-likeness (QED) is 0.548. The summed E-state index contributed by atoms with van der Waals surface area (Å²) in [5, 5.41) is 11.2. The zero-order valence-corrected chi connectivity index (χ0v) is 19.7. The number of pyridine rings is 1. The van der Waals surface area contributed by atoms with Crippen molar-refractivity contribution >= 4 is 46.1 Å². The summed E-state index contributed by atoms with van der Waals surface area (Å²) < 4.78 is 15.7. The van der Waals surface area contributed by atoms with Gasteiger partial charge in [-0.3, -0.25) is 0 Å². The van der Waals surface area contributed by atoms with Crippen molar-refractivity contribution in [1.29, 1.82) is 0 Å². The molecular weight excluding hydrogens is 443 g/mol. The Kier molecular flexibility index (Phi) is 7.30. The van der Waals surface area contributed by atoms with E-state index in [1.165, 1.54) is 6.07 Å². The molecule has 1 aromatic heterocycles. The van der Waals surface area contributed by atoms with Crippen LogP contribution in [0.25, 0.3) is 0 Å². The lowest BCUT2D eigenvalue weighted by molar-refractivity contribution is 0.317. The van der Waals surface area contributed by atoms with E-state index in [-0.39, 0.29) is 22.7 Å². The van der Waals surface area contributed by atoms with Crippen LogP contribution in [0.1, 0.15) is 45.2 Å². The van der Waals surface area contributed by atoms with Crippen LogP contribution >= 0.6 is 23.2 Å². The average Bonchev–Trinajstić information content (AvgIpc) is 2.68. The molecule has 30 heavy (non-hydrogen) atoms. The highest BCUT2D eigenvalue weighted by molar-refractivity contribution is 7.90. The molecule has 164 valence electrons. The molecule has 9 heteroatoms. The van der Waals surface area contributed by atoms with Gasteiger partial charge in [0, 0.05) is 54.0 Å². The zero-order chi connectivity index (χ0) is 22.1. The zero-order valence-electron chi connectivity index (χ0n) is 17.4. The molecule has 4 N–H and O–H groups in total. The predicted octanol–water partition coefficient (Wildman–Crippen LogP) is 4.69. The van der Waals surface area contributed by atoms with E-state index in [0.717, 1.165) is 31.7 Å². The first-order valence-corrected chi connectivity index (χ1v) is 11.8. The van der Waals surface area contributed by atoms with Gasteiger partial charge in [-0.15, -0.1) is 4.72 Å². The summed E-state index contributed by atoms with van der Waals surface area (Å²) >= 11 is 11.0. The number of benzene rings is 1. The number of nitrogens with two attached hydrogens (primary N) is 1. The number of aromatic nitrogens is 1. The van der Waals surface area contributed by atoms with Crippen LogP contribution in [0.15, 0.2) is 30.5 Å². The molecule has 1 fully saturated rings. The molecule has 1 aliphatic heterocycles. The van der Waals surface area contributed by atoms with Gasteiger partial charge in [0.25, 0.3) is 0 Å². The molecule has 0 unspecified atom stereocenters. The van der Waals surface area contributed by atoms with Crippen molar-refractivity contribution < 1.29 is 9.66 Å². The molecule has 0 radical (unpaired) electrons. The van der Waals surface area contributed by atoms with Crippen LogP contribution in [0.3, 0.4) is 0 Å². The topological polar surface area (TPSA) is 97.5 Å². The number of nitrogens with one attached hydrogen (secondary N) is 1. The highest BCUT2D eigenvalue weighted by Gasteiger charge is 2.36. The van der Waals surface area contributed by atoms with Gasteiger partial charge in [-0.25, -0.2) is 4.98 Å². The number of rotatable bonds is 5. The summed E-state index contributed by atoms with van der Waals surface area (Å²) in [4.78, 5) is 6.61. The van der Waals surface area contributed by atoms with Gasteiger partial charge in [-0.2, -0.15) is 0 Å². The minimum atomic E-state index is -1.32. The minimum absolute atomic E-state index is 0.0488. The number of aromatic hydroxyl groups is 1. The van der Waals surface area contributed by atoms with Crippen molar-refractivity contribution in [2.75, 3.05) is 23.7 Å². The van der Waals surface area contributed by atoms with Gasteiger partial charge in [0.2, 0.25) is 0 Å². The number of anilines is 2. The Bertz CT molecular complexity index is 886. The van der Waals surface area contributed by atoms with Crippen molar-refractivity contribution in [3.8, 4) is 5.75 Å². The fourth-order valence-electron chi connectivity index (χ4n) is 3.58. The number of nitrogens with zero attached hydrogens (tertiary/aromatic N) is 2. The Morgan fingerprint density at radius 1 is 1.23 bits per heavy atom. The third-order valence-corrected chi connectivity index (χ3v) is 7.60. The van der Waals surface area contributed by atoms with E-state index < -0.39 is 16.1 Å². The van der Waals surface area contributed by atoms with Crippen molar-refractivity contribution in [3.05, 3.63) is 46.1 Å². The van der Waals surface area contributed by atoms with Crippen LogP contribution in [-0.4, -0.2) is 32.5 Å². The number of halogens is 2. The first-order chi connectivity index (χ1) is 14.1. The Hall–Kier alpha value is -1.38. The van der Waals surface area contributed by atoms with Gasteiger partial charge in [0.05, 0.1) is 16.1 Å². The molecular formula is C21H28Cl2N4O2S. The van der Waals surface area contributed by atoms with Crippen LogP contribution in [0, 0.1) is 5.92 Å². The summed E-state index contributed by atoms with van der Waals surface area (Å²) in [5.74, 6) is 1.05. The molecule has 1 saturated heterocycles. The van der Waals surface area contributed by atoms with E-state index in [9.17, 15) is 9.66 Å². The van der Waals surface area contributed by atoms with Gasteiger partial charge in [0.1, 0.15) is 16.3 Å². The smallest absolute Gasteiger partial charge is 0.136 e. The summed E-state index contributed by atoms with van der Waals surface area (Å²) in [6, 6.07) is 6.43. The maximum atomic E-state index is 12.9. The number of phenolic OH excluding ortho intramolecular Hbond substituents is 1. The second kappa shape index (κ2) is 9.40. The van der Waals surface area contributed by atoms with Crippen molar-refractivity contribution in [3.63, 3.8) is 0 Å². The van der Waals surface area contributed by atoms with Gasteiger partial charge in [-0.05, 0) is 51.7 Å². The predicted molar refractivity (Wildman–Crippen MR) is 125 cm³/mol. The van der Waals surface area contributed by atoms with Gasteiger partial charge < -0.3 is 20.3 Å². The largest absolute Gasteiger partial charge is 0.598 e. The van der Waals surface area contributed by atoms with Crippen LogP contribution < -0.4 is 15.4 Å². The summed E-state index contributed by atoms with van der Waals surface area (Å²) in [7, 11) is 0. The number of piperidine rings is 1.